The van der Waals surface area contributed by atoms with Crippen molar-refractivity contribution in [1.82, 2.24) is 9.97 Å². The fourth-order valence-corrected chi connectivity index (χ4v) is 2.08. The maximum Gasteiger partial charge on any atom is 0.135 e. The van der Waals surface area contributed by atoms with Gasteiger partial charge in [-0.25, -0.2) is 14.4 Å². The zero-order valence-corrected chi connectivity index (χ0v) is 11.0. The average Bonchev–Trinajstić information content (AvgIpc) is 3.20. The topological polar surface area (TPSA) is 37.8 Å². The number of nitrogens with zero attached hydrogens (tertiary/aromatic N) is 2. The quantitative estimate of drug-likeness (QED) is 0.865. The molecule has 0 spiro atoms. The molecule has 0 amide bonds. The summed E-state index contributed by atoms with van der Waals surface area (Å²) in [5.41, 5.74) is 0.864. The minimum atomic E-state index is -0.237. The Kier molecular flexibility index (Phi) is 3.34. The van der Waals surface area contributed by atoms with E-state index in [0.29, 0.717) is 23.4 Å². The first-order chi connectivity index (χ1) is 9.20. The molecule has 3 nitrogen and oxygen atoms in total. The van der Waals surface area contributed by atoms with Crippen molar-refractivity contribution in [2.75, 3.05) is 5.32 Å². The third-order valence-electron chi connectivity index (χ3n) is 3.02. The Hall–Kier alpha value is -1.68. The highest BCUT2D eigenvalue weighted by Crippen LogP contribution is 2.38. The SMILES string of the molecule is Fc1cccc(CNc2cc(Cl)nc(C3CC3)n2)c1. The number of anilines is 1. The molecular formula is C14H13ClFN3. The summed E-state index contributed by atoms with van der Waals surface area (Å²) in [5.74, 6) is 1.70. The maximum atomic E-state index is 13.1. The second kappa shape index (κ2) is 5.13. The Morgan fingerprint density at radius 1 is 1.26 bits per heavy atom. The Labute approximate surface area is 115 Å². The van der Waals surface area contributed by atoms with Gasteiger partial charge < -0.3 is 5.32 Å². The average molecular weight is 278 g/mol. The molecule has 1 saturated carbocycles. The predicted octanol–water partition coefficient (Wildman–Crippen LogP) is 3.76. The van der Waals surface area contributed by atoms with Crippen LogP contribution in [0.2, 0.25) is 5.15 Å². The Morgan fingerprint density at radius 2 is 2.11 bits per heavy atom. The summed E-state index contributed by atoms with van der Waals surface area (Å²) in [6.07, 6.45) is 2.26. The number of nitrogens with one attached hydrogen (secondary N) is 1. The van der Waals surface area contributed by atoms with E-state index in [4.69, 9.17) is 11.6 Å². The van der Waals surface area contributed by atoms with Crippen LogP contribution in [0.5, 0.6) is 0 Å². The summed E-state index contributed by atoms with van der Waals surface area (Å²) in [6.45, 7) is 0.509. The molecule has 0 radical (unpaired) electrons. The van der Waals surface area contributed by atoms with E-state index in [2.05, 4.69) is 15.3 Å². The molecule has 1 aliphatic carbocycles. The highest BCUT2D eigenvalue weighted by molar-refractivity contribution is 6.29. The molecular weight excluding hydrogens is 265 g/mol. The first kappa shape index (κ1) is 12.4. The normalized spacial score (nSPS) is 14.4. The number of benzene rings is 1. The lowest BCUT2D eigenvalue weighted by Gasteiger charge is -2.07. The zero-order valence-electron chi connectivity index (χ0n) is 10.2. The molecule has 0 atom stereocenters. The lowest BCUT2D eigenvalue weighted by atomic mass is 10.2. The Morgan fingerprint density at radius 3 is 2.84 bits per heavy atom. The zero-order chi connectivity index (χ0) is 13.2. The molecule has 1 fully saturated rings. The predicted molar refractivity (Wildman–Crippen MR) is 72.7 cm³/mol. The van der Waals surface area contributed by atoms with Crippen molar-refractivity contribution in [2.24, 2.45) is 0 Å². The molecule has 19 heavy (non-hydrogen) atoms. The third-order valence-corrected chi connectivity index (χ3v) is 3.21. The monoisotopic (exact) mass is 277 g/mol. The molecule has 2 aromatic rings. The minimum absolute atomic E-state index is 0.237. The van der Waals surface area contributed by atoms with Gasteiger partial charge in [0.05, 0.1) is 0 Å². The van der Waals surface area contributed by atoms with Gasteiger partial charge in [0.2, 0.25) is 0 Å². The highest BCUT2D eigenvalue weighted by atomic mass is 35.5. The number of aromatic nitrogens is 2. The summed E-state index contributed by atoms with van der Waals surface area (Å²) in [6, 6.07) is 8.16. The highest BCUT2D eigenvalue weighted by Gasteiger charge is 2.27. The molecule has 0 aliphatic heterocycles. The molecule has 1 aliphatic rings. The lowest BCUT2D eigenvalue weighted by Crippen LogP contribution is -2.04. The third kappa shape index (κ3) is 3.20. The van der Waals surface area contributed by atoms with Gasteiger partial charge in [0.25, 0.3) is 0 Å². The van der Waals surface area contributed by atoms with Crippen molar-refractivity contribution in [3.05, 3.63) is 52.7 Å². The van der Waals surface area contributed by atoms with Crippen molar-refractivity contribution in [1.29, 1.82) is 0 Å². The number of hydrogen-bond donors (Lipinski definition) is 1. The lowest BCUT2D eigenvalue weighted by molar-refractivity contribution is 0.626. The van der Waals surface area contributed by atoms with E-state index in [1.165, 1.54) is 12.1 Å². The molecule has 0 saturated heterocycles. The minimum Gasteiger partial charge on any atom is -0.366 e. The van der Waals surface area contributed by atoms with E-state index in [-0.39, 0.29) is 5.82 Å². The van der Waals surface area contributed by atoms with Crippen molar-refractivity contribution in [2.45, 2.75) is 25.3 Å². The van der Waals surface area contributed by atoms with E-state index in [0.717, 1.165) is 24.2 Å². The maximum absolute atomic E-state index is 13.1. The fourth-order valence-electron chi connectivity index (χ4n) is 1.89. The van der Waals surface area contributed by atoms with Gasteiger partial charge in [0.15, 0.2) is 0 Å². The van der Waals surface area contributed by atoms with Gasteiger partial charge >= 0.3 is 0 Å². The number of halogens is 2. The Bertz CT molecular complexity index is 599. The van der Waals surface area contributed by atoms with Crippen LogP contribution in [-0.4, -0.2) is 9.97 Å². The van der Waals surface area contributed by atoms with Crippen LogP contribution in [0.1, 0.15) is 30.1 Å². The van der Waals surface area contributed by atoms with Gasteiger partial charge in [-0.15, -0.1) is 0 Å². The summed E-state index contributed by atoms with van der Waals surface area (Å²) >= 11 is 5.98. The largest absolute Gasteiger partial charge is 0.366 e. The molecule has 0 bridgehead atoms. The summed E-state index contributed by atoms with van der Waals surface area (Å²) < 4.78 is 13.1. The van der Waals surface area contributed by atoms with Crippen LogP contribution < -0.4 is 5.32 Å². The van der Waals surface area contributed by atoms with Crippen molar-refractivity contribution in [3.8, 4) is 0 Å². The number of rotatable bonds is 4. The standard InChI is InChI=1S/C14H13ClFN3/c15-12-7-13(19-14(18-12)10-4-5-10)17-8-9-2-1-3-11(16)6-9/h1-3,6-7,10H,4-5,8H2,(H,17,18,19). The first-order valence-electron chi connectivity index (χ1n) is 6.23. The molecule has 1 heterocycles. The van der Waals surface area contributed by atoms with Crippen LogP contribution in [0.4, 0.5) is 10.2 Å². The van der Waals surface area contributed by atoms with Crippen LogP contribution in [0.25, 0.3) is 0 Å². The van der Waals surface area contributed by atoms with Crippen LogP contribution in [0.3, 0.4) is 0 Å². The smallest absolute Gasteiger partial charge is 0.135 e. The van der Waals surface area contributed by atoms with Gasteiger partial charge in [-0.1, -0.05) is 23.7 Å². The van der Waals surface area contributed by atoms with Gasteiger partial charge in [-0.2, -0.15) is 0 Å². The van der Waals surface area contributed by atoms with Crippen molar-refractivity contribution < 1.29 is 4.39 Å². The van der Waals surface area contributed by atoms with E-state index in [1.807, 2.05) is 6.07 Å². The molecule has 1 aromatic heterocycles. The molecule has 98 valence electrons. The summed E-state index contributed by atoms with van der Waals surface area (Å²) in [4.78, 5) is 8.65. The van der Waals surface area contributed by atoms with E-state index < -0.39 is 0 Å². The van der Waals surface area contributed by atoms with Crippen LogP contribution in [0, 0.1) is 5.82 Å². The van der Waals surface area contributed by atoms with Crippen molar-refractivity contribution in [3.63, 3.8) is 0 Å². The van der Waals surface area contributed by atoms with Crippen LogP contribution in [-0.2, 0) is 6.54 Å². The van der Waals surface area contributed by atoms with Crippen molar-refractivity contribution >= 4 is 17.4 Å². The van der Waals surface area contributed by atoms with Gasteiger partial charge in [0, 0.05) is 18.5 Å². The second-order valence-electron chi connectivity index (χ2n) is 4.69. The first-order valence-corrected chi connectivity index (χ1v) is 6.61. The second-order valence-corrected chi connectivity index (χ2v) is 5.08. The molecule has 1 aromatic carbocycles. The van der Waals surface area contributed by atoms with Gasteiger partial charge in [0.1, 0.15) is 22.6 Å². The van der Waals surface area contributed by atoms with Gasteiger partial charge in [-0.05, 0) is 30.5 Å². The van der Waals surface area contributed by atoms with E-state index in [9.17, 15) is 4.39 Å². The van der Waals surface area contributed by atoms with E-state index >= 15 is 0 Å². The summed E-state index contributed by atoms with van der Waals surface area (Å²) in [5, 5.41) is 3.59. The molecule has 0 unspecified atom stereocenters. The molecule has 3 rings (SSSR count). The fraction of sp³-hybridized carbons (Fsp3) is 0.286. The van der Waals surface area contributed by atoms with Crippen LogP contribution >= 0.6 is 11.6 Å². The van der Waals surface area contributed by atoms with E-state index in [1.54, 1.807) is 12.1 Å². The summed E-state index contributed by atoms with van der Waals surface area (Å²) in [7, 11) is 0. The molecule has 1 N–H and O–H groups in total. The Balaban J connectivity index is 1.72. The number of hydrogen-bond acceptors (Lipinski definition) is 3. The molecule has 5 heteroatoms. The van der Waals surface area contributed by atoms with Crippen LogP contribution in [0.15, 0.2) is 30.3 Å². The van der Waals surface area contributed by atoms with Gasteiger partial charge in [-0.3, -0.25) is 0 Å².